The van der Waals surface area contributed by atoms with Gasteiger partial charge in [0.15, 0.2) is 0 Å². The van der Waals surface area contributed by atoms with Crippen molar-refractivity contribution in [3.63, 3.8) is 0 Å². The molecule has 4 heteroatoms. The largest absolute Gasteiger partial charge is 0.386 e. The summed E-state index contributed by atoms with van der Waals surface area (Å²) in [6, 6.07) is 0.123. The maximum absolute atomic E-state index is 12.2. The fraction of sp³-hybridized carbons (Fsp3) is 0.923. The van der Waals surface area contributed by atoms with Crippen LogP contribution in [0.5, 0.6) is 0 Å². The molecular weight excluding hydrogens is 216 g/mol. The first kappa shape index (κ1) is 12.7. The van der Waals surface area contributed by atoms with E-state index in [4.69, 9.17) is 0 Å². The Bertz CT molecular complexity index is 287. The van der Waals surface area contributed by atoms with Crippen LogP contribution in [0.4, 0.5) is 4.79 Å². The number of likely N-dealkylation sites (tertiary alicyclic amines) is 2. The average Bonchev–Trinajstić information content (AvgIpc) is 2.25. The molecule has 2 rings (SSSR count). The van der Waals surface area contributed by atoms with Gasteiger partial charge in [-0.3, -0.25) is 0 Å². The second-order valence-corrected chi connectivity index (χ2v) is 5.81. The normalized spacial score (nSPS) is 27.8. The first-order chi connectivity index (χ1) is 8.04. The fourth-order valence-corrected chi connectivity index (χ4v) is 2.99. The molecule has 0 aliphatic carbocycles. The molecule has 0 spiro atoms. The monoisotopic (exact) mass is 240 g/mol. The molecule has 0 radical (unpaired) electrons. The number of amides is 2. The lowest BCUT2D eigenvalue weighted by Gasteiger charge is -2.48. The van der Waals surface area contributed by atoms with Crippen molar-refractivity contribution < 1.29 is 9.90 Å². The summed E-state index contributed by atoms with van der Waals surface area (Å²) >= 11 is 0. The summed E-state index contributed by atoms with van der Waals surface area (Å²) in [6.07, 6.45) is 4.11. The average molecular weight is 240 g/mol. The van der Waals surface area contributed by atoms with Crippen LogP contribution in [-0.4, -0.2) is 52.7 Å². The van der Waals surface area contributed by atoms with E-state index in [9.17, 15) is 9.90 Å². The number of piperidine rings is 1. The molecule has 2 saturated heterocycles. The Morgan fingerprint density at radius 1 is 1.41 bits per heavy atom. The van der Waals surface area contributed by atoms with Crippen molar-refractivity contribution in [2.75, 3.05) is 26.2 Å². The van der Waals surface area contributed by atoms with Gasteiger partial charge in [-0.15, -0.1) is 0 Å². The Hall–Kier alpha value is -0.770. The number of β-amino-alcohol motifs (C(OH)–C–C–N with tert-alkyl or cyclic N) is 1. The van der Waals surface area contributed by atoms with Gasteiger partial charge in [-0.2, -0.15) is 0 Å². The minimum absolute atomic E-state index is 0.123. The lowest BCUT2D eigenvalue weighted by Crippen LogP contribution is -2.66. The molecule has 2 aliphatic rings. The molecule has 17 heavy (non-hydrogen) atoms. The van der Waals surface area contributed by atoms with E-state index in [0.29, 0.717) is 19.0 Å². The van der Waals surface area contributed by atoms with Crippen LogP contribution in [0, 0.1) is 5.92 Å². The Balaban J connectivity index is 1.82. The maximum Gasteiger partial charge on any atom is 0.320 e. The highest BCUT2D eigenvalue weighted by Crippen LogP contribution is 2.27. The van der Waals surface area contributed by atoms with Gasteiger partial charge in [0.05, 0.1) is 18.7 Å². The number of rotatable bonds is 2. The fourth-order valence-electron chi connectivity index (χ4n) is 2.99. The molecule has 2 fully saturated rings. The van der Waals surface area contributed by atoms with Gasteiger partial charge in [0.1, 0.15) is 0 Å². The molecule has 0 aromatic heterocycles. The lowest BCUT2D eigenvalue weighted by atomic mass is 9.89. The van der Waals surface area contributed by atoms with Gasteiger partial charge in [0.2, 0.25) is 0 Å². The van der Waals surface area contributed by atoms with Crippen molar-refractivity contribution >= 4 is 6.03 Å². The lowest BCUT2D eigenvalue weighted by molar-refractivity contribution is -0.0873. The first-order valence-corrected chi connectivity index (χ1v) is 6.80. The highest BCUT2D eigenvalue weighted by Gasteiger charge is 2.44. The summed E-state index contributed by atoms with van der Waals surface area (Å²) in [4.78, 5) is 15.9. The maximum atomic E-state index is 12.2. The Kier molecular flexibility index (Phi) is 3.61. The van der Waals surface area contributed by atoms with Crippen LogP contribution < -0.4 is 0 Å². The molecule has 1 unspecified atom stereocenters. The van der Waals surface area contributed by atoms with Crippen LogP contribution in [0.1, 0.15) is 39.5 Å². The Morgan fingerprint density at radius 2 is 2.12 bits per heavy atom. The third-order valence-electron chi connectivity index (χ3n) is 3.88. The predicted molar refractivity (Wildman–Crippen MR) is 66.8 cm³/mol. The van der Waals surface area contributed by atoms with E-state index < -0.39 is 5.60 Å². The molecule has 2 heterocycles. The Labute approximate surface area is 104 Å². The van der Waals surface area contributed by atoms with E-state index in [-0.39, 0.29) is 6.03 Å². The zero-order valence-electron chi connectivity index (χ0n) is 11.0. The minimum atomic E-state index is -0.605. The van der Waals surface area contributed by atoms with Gasteiger partial charge in [-0.25, -0.2) is 4.79 Å². The van der Waals surface area contributed by atoms with Crippen molar-refractivity contribution in [1.29, 1.82) is 0 Å². The predicted octanol–water partition coefficient (Wildman–Crippen LogP) is 1.69. The van der Waals surface area contributed by atoms with Crippen LogP contribution in [-0.2, 0) is 0 Å². The summed E-state index contributed by atoms with van der Waals surface area (Å²) in [5, 5.41) is 10.1. The second kappa shape index (κ2) is 4.84. The molecule has 4 nitrogen and oxygen atoms in total. The van der Waals surface area contributed by atoms with E-state index in [0.717, 1.165) is 32.4 Å². The molecular formula is C13H24N2O2. The summed E-state index contributed by atoms with van der Waals surface area (Å²) in [7, 11) is 0. The number of urea groups is 1. The van der Waals surface area contributed by atoms with Gasteiger partial charge in [0, 0.05) is 13.1 Å². The molecule has 0 aromatic rings. The van der Waals surface area contributed by atoms with Crippen molar-refractivity contribution in [2.24, 2.45) is 5.92 Å². The first-order valence-electron chi connectivity index (χ1n) is 6.80. The highest BCUT2D eigenvalue weighted by molar-refractivity contribution is 5.75. The second-order valence-electron chi connectivity index (χ2n) is 5.81. The molecule has 98 valence electrons. The minimum Gasteiger partial charge on any atom is -0.386 e. The van der Waals surface area contributed by atoms with Gasteiger partial charge in [-0.1, -0.05) is 20.3 Å². The molecule has 0 bridgehead atoms. The SMILES string of the molecule is CCCC1(O)CN(C(=O)N2CCCC(C)C2)C1. The molecule has 2 amide bonds. The van der Waals surface area contributed by atoms with Crippen molar-refractivity contribution in [3.8, 4) is 0 Å². The van der Waals surface area contributed by atoms with Crippen molar-refractivity contribution in [3.05, 3.63) is 0 Å². The smallest absolute Gasteiger partial charge is 0.320 e. The van der Waals surface area contributed by atoms with Crippen LogP contribution >= 0.6 is 0 Å². The summed E-state index contributed by atoms with van der Waals surface area (Å²) in [5.74, 6) is 0.614. The molecule has 0 aromatic carbocycles. The molecule has 0 saturated carbocycles. The van der Waals surface area contributed by atoms with E-state index in [1.807, 2.05) is 4.90 Å². The van der Waals surface area contributed by atoms with Crippen LogP contribution in [0.25, 0.3) is 0 Å². The van der Waals surface area contributed by atoms with Crippen molar-refractivity contribution in [1.82, 2.24) is 9.80 Å². The standard InChI is InChI=1S/C13H24N2O2/c1-3-6-13(17)9-15(10-13)12(16)14-7-4-5-11(2)8-14/h11,17H,3-10H2,1-2H3. The van der Waals surface area contributed by atoms with E-state index in [2.05, 4.69) is 13.8 Å². The summed E-state index contributed by atoms with van der Waals surface area (Å²) in [6.45, 7) is 7.06. The number of hydrogen-bond acceptors (Lipinski definition) is 2. The quantitative estimate of drug-likeness (QED) is 0.798. The zero-order valence-corrected chi connectivity index (χ0v) is 11.0. The molecule has 1 atom stereocenters. The number of carbonyl (C=O) groups excluding carboxylic acids is 1. The van der Waals surface area contributed by atoms with E-state index >= 15 is 0 Å². The zero-order chi connectivity index (χ0) is 12.5. The van der Waals surface area contributed by atoms with E-state index in [1.54, 1.807) is 4.90 Å². The van der Waals surface area contributed by atoms with Crippen LogP contribution in [0.2, 0.25) is 0 Å². The number of nitrogens with zero attached hydrogens (tertiary/aromatic N) is 2. The Morgan fingerprint density at radius 3 is 2.71 bits per heavy atom. The topological polar surface area (TPSA) is 43.8 Å². The third-order valence-corrected chi connectivity index (χ3v) is 3.88. The third kappa shape index (κ3) is 2.73. The highest BCUT2D eigenvalue weighted by atomic mass is 16.3. The van der Waals surface area contributed by atoms with Gasteiger partial charge in [-0.05, 0) is 25.2 Å². The number of hydrogen-bond donors (Lipinski definition) is 1. The molecule has 2 aliphatic heterocycles. The van der Waals surface area contributed by atoms with E-state index in [1.165, 1.54) is 6.42 Å². The number of carbonyl (C=O) groups is 1. The van der Waals surface area contributed by atoms with Gasteiger partial charge < -0.3 is 14.9 Å². The van der Waals surface area contributed by atoms with Crippen LogP contribution in [0.15, 0.2) is 0 Å². The summed E-state index contributed by atoms with van der Waals surface area (Å²) in [5.41, 5.74) is -0.605. The molecule has 1 N–H and O–H groups in total. The van der Waals surface area contributed by atoms with Crippen LogP contribution in [0.3, 0.4) is 0 Å². The van der Waals surface area contributed by atoms with Gasteiger partial charge >= 0.3 is 6.03 Å². The van der Waals surface area contributed by atoms with Crippen molar-refractivity contribution in [2.45, 2.75) is 45.1 Å². The number of aliphatic hydroxyl groups is 1. The van der Waals surface area contributed by atoms with Gasteiger partial charge in [0.25, 0.3) is 0 Å². The summed E-state index contributed by atoms with van der Waals surface area (Å²) < 4.78 is 0.